The largest absolute Gasteiger partial charge is 0.493 e. The number of ether oxygens (including phenoxy) is 1. The van der Waals surface area contributed by atoms with Crippen LogP contribution in [-0.4, -0.2) is 29.8 Å². The SMILES string of the molecule is OCCSCC1CCOc2ccccc21. The van der Waals surface area contributed by atoms with Crippen LogP contribution in [0.5, 0.6) is 5.75 Å². The zero-order valence-corrected chi connectivity index (χ0v) is 9.50. The topological polar surface area (TPSA) is 29.5 Å². The van der Waals surface area contributed by atoms with Crippen LogP contribution in [0.15, 0.2) is 24.3 Å². The third kappa shape index (κ3) is 2.67. The Morgan fingerprint density at radius 2 is 2.27 bits per heavy atom. The van der Waals surface area contributed by atoms with Gasteiger partial charge in [0, 0.05) is 11.5 Å². The number of benzene rings is 1. The van der Waals surface area contributed by atoms with Crippen molar-refractivity contribution in [1.29, 1.82) is 0 Å². The van der Waals surface area contributed by atoms with Crippen molar-refractivity contribution in [3.05, 3.63) is 29.8 Å². The average Bonchev–Trinajstić information content (AvgIpc) is 2.30. The third-order valence-corrected chi connectivity index (χ3v) is 3.75. The Hall–Kier alpha value is -0.670. The summed E-state index contributed by atoms with van der Waals surface area (Å²) < 4.78 is 5.60. The molecule has 1 aromatic carbocycles. The summed E-state index contributed by atoms with van der Waals surface area (Å²) in [6.07, 6.45) is 1.09. The van der Waals surface area contributed by atoms with Crippen LogP contribution in [0.2, 0.25) is 0 Å². The highest BCUT2D eigenvalue weighted by atomic mass is 32.2. The maximum absolute atomic E-state index is 8.75. The fourth-order valence-electron chi connectivity index (χ4n) is 1.88. The Labute approximate surface area is 94.6 Å². The number of aliphatic hydroxyl groups is 1. The summed E-state index contributed by atoms with van der Waals surface area (Å²) in [5.74, 6) is 3.55. The molecule has 0 bridgehead atoms. The van der Waals surface area contributed by atoms with E-state index in [4.69, 9.17) is 9.84 Å². The smallest absolute Gasteiger partial charge is 0.122 e. The van der Waals surface area contributed by atoms with Gasteiger partial charge in [0.1, 0.15) is 5.75 Å². The molecule has 0 saturated heterocycles. The lowest BCUT2D eigenvalue weighted by atomic mass is 9.95. The second kappa shape index (κ2) is 5.42. The highest BCUT2D eigenvalue weighted by Crippen LogP contribution is 2.35. The van der Waals surface area contributed by atoms with E-state index in [1.165, 1.54) is 5.56 Å². The summed E-state index contributed by atoms with van der Waals surface area (Å²) in [6.45, 7) is 1.09. The van der Waals surface area contributed by atoms with Crippen LogP contribution in [-0.2, 0) is 0 Å². The molecule has 1 unspecified atom stereocenters. The van der Waals surface area contributed by atoms with E-state index < -0.39 is 0 Å². The first-order valence-corrected chi connectivity index (χ1v) is 6.47. The fourth-order valence-corrected chi connectivity index (χ4v) is 2.81. The molecular weight excluding hydrogens is 208 g/mol. The van der Waals surface area contributed by atoms with Crippen molar-refractivity contribution in [1.82, 2.24) is 0 Å². The minimum atomic E-state index is 0.273. The molecule has 2 nitrogen and oxygen atoms in total. The number of aliphatic hydroxyl groups excluding tert-OH is 1. The summed E-state index contributed by atoms with van der Waals surface area (Å²) in [6, 6.07) is 8.27. The molecule has 1 N–H and O–H groups in total. The maximum Gasteiger partial charge on any atom is 0.122 e. The van der Waals surface area contributed by atoms with Crippen LogP contribution >= 0.6 is 11.8 Å². The summed E-state index contributed by atoms with van der Waals surface area (Å²) in [4.78, 5) is 0. The van der Waals surface area contributed by atoms with E-state index in [1.807, 2.05) is 23.9 Å². The van der Waals surface area contributed by atoms with Crippen LogP contribution in [0.25, 0.3) is 0 Å². The van der Waals surface area contributed by atoms with Crippen molar-refractivity contribution in [3.63, 3.8) is 0 Å². The predicted molar refractivity (Wildman–Crippen MR) is 63.7 cm³/mol. The van der Waals surface area contributed by atoms with Crippen molar-refractivity contribution in [2.24, 2.45) is 0 Å². The quantitative estimate of drug-likeness (QED) is 0.796. The number of para-hydroxylation sites is 1. The Kier molecular flexibility index (Phi) is 3.92. The van der Waals surface area contributed by atoms with Crippen LogP contribution in [0, 0.1) is 0 Å². The van der Waals surface area contributed by atoms with Crippen LogP contribution < -0.4 is 4.74 Å². The number of hydrogen-bond acceptors (Lipinski definition) is 3. The minimum Gasteiger partial charge on any atom is -0.493 e. The molecule has 0 amide bonds. The van der Waals surface area contributed by atoms with E-state index in [9.17, 15) is 0 Å². The maximum atomic E-state index is 8.75. The first-order chi connectivity index (χ1) is 7.42. The standard InChI is InChI=1S/C12H16O2S/c13-6-8-15-9-10-5-7-14-12-4-2-1-3-11(10)12/h1-4,10,13H,5-9H2. The highest BCUT2D eigenvalue weighted by Gasteiger charge is 2.20. The number of hydrogen-bond donors (Lipinski definition) is 1. The van der Waals surface area contributed by atoms with E-state index in [-0.39, 0.29) is 6.61 Å². The average molecular weight is 224 g/mol. The van der Waals surface area contributed by atoms with Gasteiger partial charge < -0.3 is 9.84 Å². The molecule has 0 fully saturated rings. The minimum absolute atomic E-state index is 0.273. The van der Waals surface area contributed by atoms with Crippen molar-refractivity contribution >= 4 is 11.8 Å². The number of fused-ring (bicyclic) bond motifs is 1. The lowest BCUT2D eigenvalue weighted by Crippen LogP contribution is -2.16. The molecule has 0 aliphatic carbocycles. The van der Waals surface area contributed by atoms with Gasteiger partial charge in [-0.2, -0.15) is 11.8 Å². The molecule has 0 radical (unpaired) electrons. The van der Waals surface area contributed by atoms with Gasteiger partial charge in [-0.1, -0.05) is 18.2 Å². The molecule has 1 aliphatic heterocycles. The Balaban J connectivity index is 2.02. The Morgan fingerprint density at radius 1 is 1.40 bits per heavy atom. The van der Waals surface area contributed by atoms with Crippen molar-refractivity contribution in [2.75, 3.05) is 24.7 Å². The molecule has 82 valence electrons. The molecule has 1 aliphatic rings. The lowest BCUT2D eigenvalue weighted by molar-refractivity contribution is 0.273. The number of rotatable bonds is 4. The summed E-state index contributed by atoms with van der Waals surface area (Å²) in [5.41, 5.74) is 1.33. The zero-order valence-electron chi connectivity index (χ0n) is 8.69. The second-order valence-corrected chi connectivity index (χ2v) is 4.82. The van der Waals surface area contributed by atoms with Gasteiger partial charge in [-0.3, -0.25) is 0 Å². The first kappa shape index (κ1) is 10.8. The molecule has 1 atom stereocenters. The van der Waals surface area contributed by atoms with Crippen molar-refractivity contribution in [3.8, 4) is 5.75 Å². The van der Waals surface area contributed by atoms with Gasteiger partial charge >= 0.3 is 0 Å². The van der Waals surface area contributed by atoms with Crippen molar-refractivity contribution < 1.29 is 9.84 Å². The third-order valence-electron chi connectivity index (χ3n) is 2.64. The van der Waals surface area contributed by atoms with E-state index in [1.54, 1.807) is 0 Å². The molecule has 0 spiro atoms. The van der Waals surface area contributed by atoms with Gasteiger partial charge in [0.2, 0.25) is 0 Å². The summed E-state index contributed by atoms with van der Waals surface area (Å²) >= 11 is 1.82. The van der Waals surface area contributed by atoms with Crippen LogP contribution in [0.4, 0.5) is 0 Å². The summed E-state index contributed by atoms with van der Waals surface area (Å²) in [5, 5.41) is 8.75. The molecule has 15 heavy (non-hydrogen) atoms. The monoisotopic (exact) mass is 224 g/mol. The van der Waals surface area contributed by atoms with Crippen LogP contribution in [0.3, 0.4) is 0 Å². The Bertz CT molecular complexity index is 314. The van der Waals surface area contributed by atoms with Crippen LogP contribution in [0.1, 0.15) is 17.9 Å². The molecule has 2 rings (SSSR count). The fraction of sp³-hybridized carbons (Fsp3) is 0.500. The molecule has 1 aromatic rings. The van der Waals surface area contributed by atoms with Gasteiger partial charge in [-0.25, -0.2) is 0 Å². The van der Waals surface area contributed by atoms with Gasteiger partial charge in [0.05, 0.1) is 13.2 Å². The molecular formula is C12H16O2S. The lowest BCUT2D eigenvalue weighted by Gasteiger charge is -2.25. The first-order valence-electron chi connectivity index (χ1n) is 5.32. The van der Waals surface area contributed by atoms with E-state index in [2.05, 4.69) is 12.1 Å². The summed E-state index contributed by atoms with van der Waals surface area (Å²) in [7, 11) is 0. The van der Waals surface area contributed by atoms with Crippen molar-refractivity contribution in [2.45, 2.75) is 12.3 Å². The van der Waals surface area contributed by atoms with E-state index in [0.717, 1.165) is 30.3 Å². The molecule has 1 heterocycles. The van der Waals surface area contributed by atoms with Gasteiger partial charge in [-0.15, -0.1) is 0 Å². The van der Waals surface area contributed by atoms with E-state index in [0.29, 0.717) is 5.92 Å². The number of thioether (sulfide) groups is 1. The van der Waals surface area contributed by atoms with Gasteiger partial charge in [0.15, 0.2) is 0 Å². The highest BCUT2D eigenvalue weighted by molar-refractivity contribution is 7.99. The Morgan fingerprint density at radius 3 is 3.13 bits per heavy atom. The zero-order chi connectivity index (χ0) is 10.5. The van der Waals surface area contributed by atoms with Gasteiger partial charge in [-0.05, 0) is 24.0 Å². The predicted octanol–water partition coefficient (Wildman–Crippen LogP) is 2.28. The van der Waals surface area contributed by atoms with E-state index >= 15 is 0 Å². The second-order valence-electron chi connectivity index (χ2n) is 3.67. The molecule has 0 saturated carbocycles. The van der Waals surface area contributed by atoms with Gasteiger partial charge in [0.25, 0.3) is 0 Å². The normalized spacial score (nSPS) is 19.4. The molecule has 0 aromatic heterocycles. The molecule has 3 heteroatoms.